The van der Waals surface area contributed by atoms with Crippen LogP contribution in [-0.2, 0) is 19.4 Å². The summed E-state index contributed by atoms with van der Waals surface area (Å²) in [6.07, 6.45) is 6.22. The van der Waals surface area contributed by atoms with Gasteiger partial charge in [-0.05, 0) is 61.6 Å². The van der Waals surface area contributed by atoms with Crippen LogP contribution in [0, 0.1) is 0 Å². The lowest BCUT2D eigenvalue weighted by Crippen LogP contribution is -2.24. The van der Waals surface area contributed by atoms with Gasteiger partial charge in [0.1, 0.15) is 5.82 Å². The molecule has 33 heavy (non-hydrogen) atoms. The van der Waals surface area contributed by atoms with Crippen LogP contribution in [0.15, 0.2) is 83.3 Å². The van der Waals surface area contributed by atoms with Gasteiger partial charge in [-0.1, -0.05) is 70.9 Å². The van der Waals surface area contributed by atoms with E-state index in [0.717, 1.165) is 55.1 Å². The van der Waals surface area contributed by atoms with Gasteiger partial charge in [-0.15, -0.1) is 0 Å². The van der Waals surface area contributed by atoms with E-state index in [1.807, 2.05) is 24.3 Å². The minimum absolute atomic E-state index is 0.0171. The van der Waals surface area contributed by atoms with Crippen molar-refractivity contribution in [2.45, 2.75) is 45.1 Å². The average Bonchev–Trinajstić information content (AvgIpc) is 3.19. The van der Waals surface area contributed by atoms with Crippen molar-refractivity contribution in [1.82, 2.24) is 14.9 Å². The van der Waals surface area contributed by atoms with Crippen LogP contribution in [0.25, 0.3) is 11.0 Å². The zero-order valence-corrected chi connectivity index (χ0v) is 20.4. The molecule has 0 fully saturated rings. The number of imidazole rings is 1. The molecular weight excluding hydrogens is 474 g/mol. The van der Waals surface area contributed by atoms with Crippen molar-refractivity contribution in [3.8, 4) is 0 Å². The fraction of sp³-hybridized carbons (Fsp3) is 0.286. The van der Waals surface area contributed by atoms with Gasteiger partial charge >= 0.3 is 0 Å². The van der Waals surface area contributed by atoms with Crippen molar-refractivity contribution in [1.29, 1.82) is 0 Å². The number of nitrogens with one attached hydrogen (secondary N) is 1. The Balaban J connectivity index is 1.26. The van der Waals surface area contributed by atoms with Crippen LogP contribution in [-0.4, -0.2) is 22.0 Å². The normalized spacial score (nSPS) is 11.1. The molecule has 0 bridgehead atoms. The summed E-state index contributed by atoms with van der Waals surface area (Å²) < 4.78 is 3.31. The summed E-state index contributed by atoms with van der Waals surface area (Å²) in [5.74, 6) is 1.15. The van der Waals surface area contributed by atoms with Crippen LogP contribution in [0.2, 0.25) is 0 Å². The first-order valence-corrected chi connectivity index (χ1v) is 12.5. The molecular formula is C28H30BrN3O. The molecule has 4 rings (SSSR count). The molecule has 0 unspecified atom stereocenters. The lowest BCUT2D eigenvalue weighted by molar-refractivity contribution is 0.0953. The van der Waals surface area contributed by atoms with Crippen molar-refractivity contribution in [2.75, 3.05) is 6.54 Å². The van der Waals surface area contributed by atoms with Crippen LogP contribution in [0.1, 0.15) is 47.4 Å². The minimum atomic E-state index is -0.0171. The fourth-order valence-electron chi connectivity index (χ4n) is 4.17. The summed E-state index contributed by atoms with van der Waals surface area (Å²) in [5, 5.41) is 3.02. The maximum Gasteiger partial charge on any atom is 0.251 e. The maximum absolute atomic E-state index is 12.3. The van der Waals surface area contributed by atoms with Gasteiger partial charge in [0.25, 0.3) is 5.91 Å². The number of unbranched alkanes of at least 4 members (excludes halogenated alkanes) is 2. The quantitative estimate of drug-likeness (QED) is 0.235. The van der Waals surface area contributed by atoms with Crippen LogP contribution < -0.4 is 5.32 Å². The van der Waals surface area contributed by atoms with Crippen molar-refractivity contribution in [3.63, 3.8) is 0 Å². The Bertz CT molecular complexity index is 1190. The summed E-state index contributed by atoms with van der Waals surface area (Å²) in [4.78, 5) is 17.2. The van der Waals surface area contributed by atoms with Gasteiger partial charge in [0.2, 0.25) is 0 Å². The molecule has 0 radical (unpaired) electrons. The monoisotopic (exact) mass is 503 g/mol. The number of hydrogen-bond acceptors (Lipinski definition) is 2. The lowest BCUT2D eigenvalue weighted by atomic mass is 10.1. The molecule has 1 N–H and O–H groups in total. The molecule has 0 aliphatic carbocycles. The summed E-state index contributed by atoms with van der Waals surface area (Å²) in [5.41, 5.74) is 4.37. The first-order valence-electron chi connectivity index (χ1n) is 11.7. The number of amides is 1. The van der Waals surface area contributed by atoms with E-state index in [-0.39, 0.29) is 5.91 Å². The highest BCUT2D eigenvalue weighted by molar-refractivity contribution is 9.10. The Morgan fingerprint density at radius 1 is 0.848 bits per heavy atom. The van der Waals surface area contributed by atoms with E-state index >= 15 is 0 Å². The summed E-state index contributed by atoms with van der Waals surface area (Å²) in [6, 6.07) is 26.6. The second-order valence-corrected chi connectivity index (χ2v) is 9.25. The molecule has 0 aliphatic heterocycles. The third-order valence-electron chi connectivity index (χ3n) is 5.87. The largest absolute Gasteiger partial charge is 0.352 e. The number of benzene rings is 3. The average molecular weight is 504 g/mol. The van der Waals surface area contributed by atoms with Gasteiger partial charge in [-0.2, -0.15) is 0 Å². The van der Waals surface area contributed by atoms with Crippen molar-refractivity contribution < 1.29 is 4.79 Å². The second-order valence-electron chi connectivity index (χ2n) is 8.33. The van der Waals surface area contributed by atoms with E-state index in [1.54, 1.807) is 0 Å². The zero-order valence-electron chi connectivity index (χ0n) is 18.8. The predicted octanol–water partition coefficient (Wildman–Crippen LogP) is 6.57. The smallest absolute Gasteiger partial charge is 0.251 e. The molecule has 170 valence electrons. The molecule has 1 heterocycles. The SMILES string of the molecule is O=C(NCCCCCc1nc2ccccc2n1CCCc1ccccc1)c1cccc(Br)c1. The second kappa shape index (κ2) is 11.8. The minimum Gasteiger partial charge on any atom is -0.352 e. The van der Waals surface area contributed by atoms with Crippen LogP contribution >= 0.6 is 15.9 Å². The molecule has 0 atom stereocenters. The summed E-state index contributed by atoms with van der Waals surface area (Å²) >= 11 is 3.41. The van der Waals surface area contributed by atoms with Gasteiger partial charge in [0, 0.05) is 29.5 Å². The number of fused-ring (bicyclic) bond motifs is 1. The van der Waals surface area contributed by atoms with E-state index in [2.05, 4.69) is 80.4 Å². The molecule has 1 amide bonds. The molecule has 0 saturated carbocycles. The van der Waals surface area contributed by atoms with E-state index < -0.39 is 0 Å². The third-order valence-corrected chi connectivity index (χ3v) is 6.37. The van der Waals surface area contributed by atoms with Gasteiger partial charge < -0.3 is 9.88 Å². The van der Waals surface area contributed by atoms with E-state index in [4.69, 9.17) is 4.98 Å². The highest BCUT2D eigenvalue weighted by atomic mass is 79.9. The van der Waals surface area contributed by atoms with Crippen molar-refractivity contribution in [3.05, 3.63) is 100 Å². The summed E-state index contributed by atoms with van der Waals surface area (Å²) in [6.45, 7) is 1.67. The lowest BCUT2D eigenvalue weighted by Gasteiger charge is -2.10. The van der Waals surface area contributed by atoms with Gasteiger partial charge in [-0.25, -0.2) is 4.98 Å². The number of rotatable bonds is 11. The number of carbonyl (C=O) groups is 1. The van der Waals surface area contributed by atoms with Gasteiger partial charge in [0.15, 0.2) is 0 Å². The van der Waals surface area contributed by atoms with Gasteiger partial charge in [-0.3, -0.25) is 4.79 Å². The standard InChI is InChI=1S/C28H30BrN3O/c29-24-15-9-14-23(21-24)28(33)30-19-8-2-5-18-27-31-25-16-6-7-17-26(25)32(27)20-10-13-22-11-3-1-4-12-22/h1,3-4,6-7,9,11-12,14-17,21H,2,5,8,10,13,18-20H2,(H,30,33). The molecule has 0 saturated heterocycles. The van der Waals surface area contributed by atoms with E-state index in [0.29, 0.717) is 12.1 Å². The Morgan fingerprint density at radius 3 is 2.52 bits per heavy atom. The number of halogens is 1. The van der Waals surface area contributed by atoms with Crippen molar-refractivity contribution >= 4 is 32.9 Å². The highest BCUT2D eigenvalue weighted by Crippen LogP contribution is 2.19. The number of aryl methyl sites for hydroxylation is 3. The van der Waals surface area contributed by atoms with E-state index in [1.165, 1.54) is 16.9 Å². The van der Waals surface area contributed by atoms with Crippen LogP contribution in [0.5, 0.6) is 0 Å². The Morgan fingerprint density at radius 2 is 1.67 bits per heavy atom. The molecule has 4 nitrogen and oxygen atoms in total. The zero-order chi connectivity index (χ0) is 22.9. The molecule has 3 aromatic carbocycles. The van der Waals surface area contributed by atoms with E-state index in [9.17, 15) is 4.79 Å². The third kappa shape index (κ3) is 6.55. The molecule has 1 aromatic heterocycles. The van der Waals surface area contributed by atoms with Crippen LogP contribution in [0.4, 0.5) is 0 Å². The maximum atomic E-state index is 12.3. The van der Waals surface area contributed by atoms with Crippen molar-refractivity contribution in [2.24, 2.45) is 0 Å². The van der Waals surface area contributed by atoms with Gasteiger partial charge in [0.05, 0.1) is 11.0 Å². The molecule has 4 aromatic rings. The fourth-order valence-corrected chi connectivity index (χ4v) is 4.57. The Hall–Kier alpha value is -2.92. The summed E-state index contributed by atoms with van der Waals surface area (Å²) in [7, 11) is 0. The molecule has 5 heteroatoms. The number of nitrogens with zero attached hydrogens (tertiary/aromatic N) is 2. The van der Waals surface area contributed by atoms with Crippen LogP contribution in [0.3, 0.4) is 0 Å². The number of aromatic nitrogens is 2. The molecule has 0 spiro atoms. The first kappa shape index (κ1) is 23.2. The predicted molar refractivity (Wildman–Crippen MR) is 139 cm³/mol. The highest BCUT2D eigenvalue weighted by Gasteiger charge is 2.10. The molecule has 0 aliphatic rings. The Labute approximate surface area is 204 Å². The number of para-hydroxylation sites is 2. The Kier molecular flexibility index (Phi) is 8.31. The first-order chi connectivity index (χ1) is 16.2. The number of carbonyl (C=O) groups excluding carboxylic acids is 1. The topological polar surface area (TPSA) is 46.9 Å². The number of hydrogen-bond donors (Lipinski definition) is 1.